The summed E-state index contributed by atoms with van der Waals surface area (Å²) in [7, 11) is 1.59. The maximum Gasteiger partial charge on any atom is 0.331 e. The second-order valence-electron chi connectivity index (χ2n) is 6.38. The number of carbonyl (C=O) groups is 3. The quantitative estimate of drug-likeness (QED) is 0.774. The van der Waals surface area contributed by atoms with E-state index in [0.717, 1.165) is 5.56 Å². The first-order valence-corrected chi connectivity index (χ1v) is 7.75. The van der Waals surface area contributed by atoms with Crippen LogP contribution in [-0.4, -0.2) is 52.9 Å². The number of esters is 1. The predicted octanol–water partition coefficient (Wildman–Crippen LogP) is 0.806. The number of amides is 2. The first-order valence-electron chi connectivity index (χ1n) is 7.75. The fourth-order valence-corrected chi connectivity index (χ4v) is 3.24. The molecule has 0 saturated carbocycles. The van der Waals surface area contributed by atoms with Crippen LogP contribution in [0.3, 0.4) is 0 Å². The summed E-state index contributed by atoms with van der Waals surface area (Å²) in [5.74, 6) is -1.18. The van der Waals surface area contributed by atoms with Gasteiger partial charge in [0.2, 0.25) is 5.91 Å². The molecule has 3 rings (SSSR count). The van der Waals surface area contributed by atoms with Gasteiger partial charge in [-0.25, -0.2) is 4.79 Å². The van der Waals surface area contributed by atoms with Crippen molar-refractivity contribution in [3.63, 3.8) is 0 Å². The normalized spacial score (nSPS) is 27.5. The Hall–Kier alpha value is -2.37. The molecule has 1 aromatic rings. The van der Waals surface area contributed by atoms with E-state index in [-0.39, 0.29) is 17.7 Å². The van der Waals surface area contributed by atoms with Crippen molar-refractivity contribution in [2.75, 3.05) is 7.05 Å². The summed E-state index contributed by atoms with van der Waals surface area (Å²) in [6.07, 6.45) is -0.691. The number of rotatable bonds is 3. The summed E-state index contributed by atoms with van der Waals surface area (Å²) in [5, 5.41) is 0. The second kappa shape index (κ2) is 5.68. The Morgan fingerprint density at radius 2 is 1.74 bits per heavy atom. The molecule has 122 valence electrons. The molecule has 6 heteroatoms. The zero-order valence-electron chi connectivity index (χ0n) is 13.4. The number of nitrogens with zero attached hydrogens (tertiary/aromatic N) is 2. The molecule has 2 saturated heterocycles. The second-order valence-corrected chi connectivity index (χ2v) is 6.38. The first kappa shape index (κ1) is 15.5. The van der Waals surface area contributed by atoms with Crippen molar-refractivity contribution in [1.82, 2.24) is 9.80 Å². The molecule has 3 atom stereocenters. The smallest absolute Gasteiger partial charge is 0.331 e. The van der Waals surface area contributed by atoms with E-state index in [1.807, 2.05) is 44.2 Å². The van der Waals surface area contributed by atoms with E-state index in [1.54, 1.807) is 7.05 Å². The number of ether oxygens (including phenoxy) is 1. The average Bonchev–Trinajstić information content (AvgIpc) is 2.88. The molecule has 2 aliphatic heterocycles. The minimum Gasteiger partial charge on any atom is -0.430 e. The summed E-state index contributed by atoms with van der Waals surface area (Å²) in [5.41, 5.74) is 0.969. The van der Waals surface area contributed by atoms with Crippen LogP contribution in [-0.2, 0) is 25.5 Å². The molecule has 2 aliphatic rings. The van der Waals surface area contributed by atoms with Gasteiger partial charge in [-0.1, -0.05) is 44.2 Å². The third-order valence-corrected chi connectivity index (χ3v) is 4.49. The molecule has 0 bridgehead atoms. The number of likely N-dealkylation sites (N-methyl/N-ethyl adjacent to an activating group) is 1. The lowest BCUT2D eigenvalue weighted by Gasteiger charge is -2.40. The van der Waals surface area contributed by atoms with Gasteiger partial charge in [-0.15, -0.1) is 0 Å². The summed E-state index contributed by atoms with van der Waals surface area (Å²) in [6.45, 7) is 3.69. The van der Waals surface area contributed by atoms with E-state index in [0.29, 0.717) is 6.42 Å². The number of hydrogen-bond donors (Lipinski definition) is 0. The molecule has 0 N–H and O–H groups in total. The standard InChI is InChI=1S/C17H20N2O4/c1-10(2)13-17(22)23-16-15(21)18(3)12(14(20)19(13)16)9-11-7-5-4-6-8-11/h4-8,10,12-13,16H,9H2,1-3H3. The minimum atomic E-state index is -1.11. The van der Waals surface area contributed by atoms with E-state index in [1.165, 1.54) is 9.80 Å². The summed E-state index contributed by atoms with van der Waals surface area (Å²) in [4.78, 5) is 40.2. The van der Waals surface area contributed by atoms with Crippen molar-refractivity contribution >= 4 is 17.8 Å². The van der Waals surface area contributed by atoms with Crippen molar-refractivity contribution in [2.45, 2.75) is 38.6 Å². The van der Waals surface area contributed by atoms with Crippen LogP contribution in [0.1, 0.15) is 19.4 Å². The first-order chi connectivity index (χ1) is 10.9. The zero-order valence-corrected chi connectivity index (χ0v) is 13.4. The van der Waals surface area contributed by atoms with E-state index >= 15 is 0 Å². The number of fused-ring (bicyclic) bond motifs is 1. The molecule has 0 aliphatic carbocycles. The van der Waals surface area contributed by atoms with Crippen molar-refractivity contribution in [3.05, 3.63) is 35.9 Å². The Balaban J connectivity index is 1.92. The Morgan fingerprint density at radius 3 is 2.35 bits per heavy atom. The van der Waals surface area contributed by atoms with Crippen LogP contribution in [0.2, 0.25) is 0 Å². The zero-order chi connectivity index (χ0) is 16.7. The topological polar surface area (TPSA) is 66.9 Å². The van der Waals surface area contributed by atoms with Crippen molar-refractivity contribution in [1.29, 1.82) is 0 Å². The lowest BCUT2D eigenvalue weighted by Crippen LogP contribution is -2.64. The highest BCUT2D eigenvalue weighted by Crippen LogP contribution is 2.31. The van der Waals surface area contributed by atoms with Gasteiger partial charge < -0.3 is 9.64 Å². The Labute approximate surface area is 135 Å². The predicted molar refractivity (Wildman–Crippen MR) is 82.1 cm³/mol. The Bertz CT molecular complexity index is 643. The molecule has 2 amide bonds. The van der Waals surface area contributed by atoms with E-state index in [2.05, 4.69) is 0 Å². The fraction of sp³-hybridized carbons (Fsp3) is 0.471. The average molecular weight is 316 g/mol. The van der Waals surface area contributed by atoms with Crippen LogP contribution < -0.4 is 0 Å². The van der Waals surface area contributed by atoms with Gasteiger partial charge in [0, 0.05) is 13.5 Å². The van der Waals surface area contributed by atoms with Gasteiger partial charge in [0.25, 0.3) is 12.1 Å². The molecule has 1 aromatic carbocycles. The summed E-state index contributed by atoms with van der Waals surface area (Å²) in [6, 6.07) is 8.23. The lowest BCUT2D eigenvalue weighted by atomic mass is 9.97. The molecule has 23 heavy (non-hydrogen) atoms. The van der Waals surface area contributed by atoms with Gasteiger partial charge in [-0.05, 0) is 11.5 Å². The highest BCUT2D eigenvalue weighted by molar-refractivity contribution is 6.01. The number of benzene rings is 1. The third kappa shape index (κ3) is 2.48. The van der Waals surface area contributed by atoms with E-state index in [4.69, 9.17) is 4.74 Å². The van der Waals surface area contributed by atoms with Crippen molar-refractivity contribution in [2.24, 2.45) is 5.92 Å². The van der Waals surface area contributed by atoms with Crippen molar-refractivity contribution < 1.29 is 19.1 Å². The van der Waals surface area contributed by atoms with Crippen LogP contribution in [0, 0.1) is 5.92 Å². The van der Waals surface area contributed by atoms with Gasteiger partial charge >= 0.3 is 5.97 Å². The molecule has 3 unspecified atom stereocenters. The largest absolute Gasteiger partial charge is 0.430 e. The molecule has 0 aromatic heterocycles. The summed E-state index contributed by atoms with van der Waals surface area (Å²) < 4.78 is 5.17. The number of hydrogen-bond acceptors (Lipinski definition) is 4. The molecule has 0 spiro atoms. The SMILES string of the molecule is CC(C)C1C(=O)OC2C(=O)N(C)C(Cc3ccccc3)C(=O)N21. The van der Waals surface area contributed by atoms with Gasteiger partial charge in [-0.3, -0.25) is 14.5 Å². The third-order valence-electron chi connectivity index (χ3n) is 4.49. The van der Waals surface area contributed by atoms with Crippen LogP contribution in [0.4, 0.5) is 0 Å². The molecular formula is C17H20N2O4. The van der Waals surface area contributed by atoms with Gasteiger partial charge in [0.1, 0.15) is 12.1 Å². The van der Waals surface area contributed by atoms with E-state index < -0.39 is 24.3 Å². The Morgan fingerprint density at radius 1 is 1.09 bits per heavy atom. The van der Waals surface area contributed by atoms with Crippen LogP contribution in [0.25, 0.3) is 0 Å². The molecule has 2 fully saturated rings. The molecule has 0 radical (unpaired) electrons. The molecule has 6 nitrogen and oxygen atoms in total. The van der Waals surface area contributed by atoms with Crippen LogP contribution >= 0.6 is 0 Å². The van der Waals surface area contributed by atoms with E-state index in [9.17, 15) is 14.4 Å². The number of carbonyl (C=O) groups excluding carboxylic acids is 3. The van der Waals surface area contributed by atoms with Crippen LogP contribution in [0.5, 0.6) is 0 Å². The Kier molecular flexibility index (Phi) is 3.83. The number of piperazine rings is 1. The van der Waals surface area contributed by atoms with Gasteiger partial charge in [0.05, 0.1) is 0 Å². The lowest BCUT2D eigenvalue weighted by molar-refractivity contribution is -0.172. The molecular weight excluding hydrogens is 296 g/mol. The summed E-state index contributed by atoms with van der Waals surface area (Å²) >= 11 is 0. The maximum atomic E-state index is 12.9. The van der Waals surface area contributed by atoms with Crippen molar-refractivity contribution in [3.8, 4) is 0 Å². The molecule has 2 heterocycles. The van der Waals surface area contributed by atoms with Gasteiger partial charge in [0.15, 0.2) is 0 Å². The monoisotopic (exact) mass is 316 g/mol. The highest BCUT2D eigenvalue weighted by Gasteiger charge is 2.56. The highest BCUT2D eigenvalue weighted by atomic mass is 16.6. The maximum absolute atomic E-state index is 12.9. The fourth-order valence-electron chi connectivity index (χ4n) is 3.24. The van der Waals surface area contributed by atoms with Crippen LogP contribution in [0.15, 0.2) is 30.3 Å². The minimum absolute atomic E-state index is 0.106. The van der Waals surface area contributed by atoms with Gasteiger partial charge in [-0.2, -0.15) is 0 Å².